The summed E-state index contributed by atoms with van der Waals surface area (Å²) in [6.45, 7) is 0.566. The Kier molecular flexibility index (Phi) is 5.44. The Morgan fingerprint density at radius 2 is 2.38 bits per heavy atom. The van der Waals surface area contributed by atoms with Crippen LogP contribution in [0.25, 0.3) is 0 Å². The van der Waals surface area contributed by atoms with Crippen molar-refractivity contribution in [2.24, 2.45) is 0 Å². The zero-order valence-electron chi connectivity index (χ0n) is 8.98. The summed E-state index contributed by atoms with van der Waals surface area (Å²) in [5.41, 5.74) is 5.63. The van der Waals surface area contributed by atoms with E-state index in [0.717, 1.165) is 0 Å². The van der Waals surface area contributed by atoms with Crippen LogP contribution in [0.5, 0.6) is 0 Å². The molecule has 16 heavy (non-hydrogen) atoms. The van der Waals surface area contributed by atoms with E-state index in [1.807, 2.05) is 0 Å². The first-order valence-electron chi connectivity index (χ1n) is 4.81. The lowest BCUT2D eigenvalue weighted by Crippen LogP contribution is -2.27. The van der Waals surface area contributed by atoms with Crippen LogP contribution in [0.15, 0.2) is 10.8 Å². The fourth-order valence-corrected chi connectivity index (χ4v) is 1.55. The molecule has 4 N–H and O–H groups in total. The quantitative estimate of drug-likeness (QED) is 0.712. The van der Waals surface area contributed by atoms with Gasteiger partial charge in [0.25, 0.3) is 0 Å². The Labute approximate surface area is 102 Å². The number of aliphatic hydroxyl groups is 1. The highest BCUT2D eigenvalue weighted by molar-refractivity contribution is 9.10. The summed E-state index contributed by atoms with van der Waals surface area (Å²) in [5.74, 6) is 0.973. The maximum Gasteiger partial charge on any atom is 0.146 e. The largest absolute Gasteiger partial charge is 0.396 e. The predicted octanol–water partition coefficient (Wildman–Crippen LogP) is 0.631. The number of nitrogens with two attached hydrogens (primary N) is 1. The highest BCUT2D eigenvalue weighted by atomic mass is 79.9. The van der Waals surface area contributed by atoms with Gasteiger partial charge in [0.15, 0.2) is 0 Å². The number of aromatic nitrogens is 2. The van der Waals surface area contributed by atoms with Gasteiger partial charge < -0.3 is 20.9 Å². The second kappa shape index (κ2) is 6.62. The summed E-state index contributed by atoms with van der Waals surface area (Å²) in [6.07, 6.45) is 1.95. The number of ether oxygens (including phenoxy) is 1. The molecule has 1 atom stereocenters. The van der Waals surface area contributed by atoms with Gasteiger partial charge in [-0.05, 0) is 22.4 Å². The molecule has 90 valence electrons. The third-order valence-electron chi connectivity index (χ3n) is 2.00. The van der Waals surface area contributed by atoms with Crippen LogP contribution in [-0.4, -0.2) is 41.4 Å². The first-order valence-corrected chi connectivity index (χ1v) is 5.60. The Balaban J connectivity index is 2.72. The minimum atomic E-state index is -0.0133. The third kappa shape index (κ3) is 3.58. The fourth-order valence-electron chi connectivity index (χ4n) is 1.23. The van der Waals surface area contributed by atoms with Gasteiger partial charge in [0.05, 0.1) is 12.6 Å². The lowest BCUT2D eigenvalue weighted by molar-refractivity contribution is 0.170. The van der Waals surface area contributed by atoms with Gasteiger partial charge in [-0.2, -0.15) is 0 Å². The average Bonchev–Trinajstić information content (AvgIpc) is 2.25. The molecule has 0 saturated carbocycles. The number of methoxy groups -OCH3 is 1. The van der Waals surface area contributed by atoms with E-state index < -0.39 is 0 Å². The van der Waals surface area contributed by atoms with Crippen molar-refractivity contribution in [2.75, 3.05) is 31.4 Å². The van der Waals surface area contributed by atoms with E-state index in [2.05, 4.69) is 31.2 Å². The van der Waals surface area contributed by atoms with Crippen LogP contribution >= 0.6 is 15.9 Å². The molecule has 0 radical (unpaired) electrons. The Morgan fingerprint density at radius 3 is 3.00 bits per heavy atom. The van der Waals surface area contributed by atoms with Crippen LogP contribution < -0.4 is 11.1 Å². The lowest BCUT2D eigenvalue weighted by atomic mass is 10.2. The molecule has 0 fully saturated rings. The van der Waals surface area contributed by atoms with Gasteiger partial charge in [-0.3, -0.25) is 0 Å². The van der Waals surface area contributed by atoms with E-state index in [0.29, 0.717) is 29.1 Å². The Bertz CT molecular complexity index is 331. The minimum Gasteiger partial charge on any atom is -0.396 e. The second-order valence-electron chi connectivity index (χ2n) is 3.23. The number of nitrogens with zero attached hydrogens (tertiary/aromatic N) is 2. The summed E-state index contributed by atoms with van der Waals surface area (Å²) in [5, 5.41) is 12.0. The van der Waals surface area contributed by atoms with E-state index in [4.69, 9.17) is 15.6 Å². The monoisotopic (exact) mass is 290 g/mol. The van der Waals surface area contributed by atoms with E-state index >= 15 is 0 Å². The molecule has 1 aromatic heterocycles. The van der Waals surface area contributed by atoms with Crippen LogP contribution in [0, 0.1) is 0 Å². The van der Waals surface area contributed by atoms with Crippen molar-refractivity contribution in [1.82, 2.24) is 9.97 Å². The number of aliphatic hydroxyl groups excluding tert-OH is 1. The van der Waals surface area contributed by atoms with Gasteiger partial charge in [-0.15, -0.1) is 0 Å². The molecule has 1 aromatic rings. The fraction of sp³-hybridized carbons (Fsp3) is 0.556. The zero-order chi connectivity index (χ0) is 12.0. The highest BCUT2D eigenvalue weighted by Gasteiger charge is 2.12. The van der Waals surface area contributed by atoms with E-state index in [1.165, 1.54) is 6.33 Å². The molecular weight excluding hydrogens is 276 g/mol. The molecule has 7 heteroatoms. The van der Waals surface area contributed by atoms with Gasteiger partial charge in [0.2, 0.25) is 0 Å². The maximum atomic E-state index is 8.90. The van der Waals surface area contributed by atoms with Crippen LogP contribution in [-0.2, 0) is 4.74 Å². The van der Waals surface area contributed by atoms with Crippen molar-refractivity contribution in [3.05, 3.63) is 10.8 Å². The van der Waals surface area contributed by atoms with Crippen molar-refractivity contribution in [3.63, 3.8) is 0 Å². The SMILES string of the molecule is COCC(CCO)Nc1ncnc(N)c1Br. The molecule has 0 aliphatic heterocycles. The number of hydrogen-bond acceptors (Lipinski definition) is 6. The van der Waals surface area contributed by atoms with Crippen molar-refractivity contribution < 1.29 is 9.84 Å². The third-order valence-corrected chi connectivity index (χ3v) is 2.78. The Morgan fingerprint density at radius 1 is 1.62 bits per heavy atom. The second-order valence-corrected chi connectivity index (χ2v) is 4.02. The molecule has 0 spiro atoms. The van der Waals surface area contributed by atoms with Crippen molar-refractivity contribution in [2.45, 2.75) is 12.5 Å². The van der Waals surface area contributed by atoms with E-state index in [1.54, 1.807) is 7.11 Å². The predicted molar refractivity (Wildman–Crippen MR) is 65.1 cm³/mol. The number of halogens is 1. The van der Waals surface area contributed by atoms with E-state index in [-0.39, 0.29) is 12.6 Å². The van der Waals surface area contributed by atoms with Gasteiger partial charge in [0, 0.05) is 13.7 Å². The number of hydrogen-bond donors (Lipinski definition) is 3. The highest BCUT2D eigenvalue weighted by Crippen LogP contribution is 2.24. The zero-order valence-corrected chi connectivity index (χ0v) is 10.6. The van der Waals surface area contributed by atoms with Crippen LogP contribution in [0.4, 0.5) is 11.6 Å². The molecular formula is C9H15BrN4O2. The summed E-state index contributed by atoms with van der Waals surface area (Å²) >= 11 is 3.30. The number of anilines is 2. The van der Waals surface area contributed by atoms with Gasteiger partial charge in [0.1, 0.15) is 22.4 Å². The molecule has 1 unspecified atom stereocenters. The lowest BCUT2D eigenvalue weighted by Gasteiger charge is -2.18. The molecule has 6 nitrogen and oxygen atoms in total. The molecule has 0 aliphatic rings. The summed E-state index contributed by atoms with van der Waals surface area (Å²) in [7, 11) is 1.61. The molecule has 1 rings (SSSR count). The topological polar surface area (TPSA) is 93.3 Å². The van der Waals surface area contributed by atoms with E-state index in [9.17, 15) is 0 Å². The Hall–Kier alpha value is -0.920. The van der Waals surface area contributed by atoms with Gasteiger partial charge >= 0.3 is 0 Å². The maximum absolute atomic E-state index is 8.90. The average molecular weight is 291 g/mol. The molecule has 0 bridgehead atoms. The van der Waals surface area contributed by atoms with Crippen molar-refractivity contribution in [1.29, 1.82) is 0 Å². The summed E-state index contributed by atoms with van der Waals surface area (Å²) in [6, 6.07) is -0.0133. The first kappa shape index (κ1) is 13.1. The smallest absolute Gasteiger partial charge is 0.146 e. The van der Waals surface area contributed by atoms with Crippen LogP contribution in [0.3, 0.4) is 0 Å². The molecule has 0 aliphatic carbocycles. The van der Waals surface area contributed by atoms with Crippen LogP contribution in [0.1, 0.15) is 6.42 Å². The first-order chi connectivity index (χ1) is 7.69. The van der Waals surface area contributed by atoms with Crippen molar-refractivity contribution in [3.8, 4) is 0 Å². The van der Waals surface area contributed by atoms with Crippen molar-refractivity contribution >= 4 is 27.6 Å². The minimum absolute atomic E-state index is 0.0133. The number of nitrogen functional groups attached to an aromatic ring is 1. The van der Waals surface area contributed by atoms with Gasteiger partial charge in [-0.1, -0.05) is 0 Å². The molecule has 0 saturated heterocycles. The number of nitrogens with one attached hydrogen (secondary N) is 1. The number of rotatable bonds is 6. The normalized spacial score (nSPS) is 12.4. The van der Waals surface area contributed by atoms with Crippen LogP contribution in [0.2, 0.25) is 0 Å². The molecule has 0 aromatic carbocycles. The standard InChI is InChI=1S/C9H15BrN4O2/c1-16-4-6(2-3-15)14-9-7(10)8(11)12-5-13-9/h5-6,15H,2-4H2,1H3,(H3,11,12,13,14). The van der Waals surface area contributed by atoms with Gasteiger partial charge in [-0.25, -0.2) is 9.97 Å². The molecule has 1 heterocycles. The molecule has 0 amide bonds. The summed E-state index contributed by atoms with van der Waals surface area (Å²) in [4.78, 5) is 7.89. The summed E-state index contributed by atoms with van der Waals surface area (Å²) < 4.78 is 5.65.